The maximum atomic E-state index is 4.72. The summed E-state index contributed by atoms with van der Waals surface area (Å²) in [7, 11) is 0. The minimum Gasteiger partial charge on any atom is -0.309 e. The molecule has 4 nitrogen and oxygen atoms in total. The lowest BCUT2D eigenvalue weighted by atomic mass is 10.0. The fourth-order valence-electron chi connectivity index (χ4n) is 2.57. The predicted molar refractivity (Wildman–Crippen MR) is 67.1 cm³/mol. The highest BCUT2D eigenvalue weighted by Gasteiger charge is 2.18. The van der Waals surface area contributed by atoms with Crippen molar-refractivity contribution in [1.82, 2.24) is 19.7 Å². The second kappa shape index (κ2) is 4.11. The van der Waals surface area contributed by atoms with Crippen molar-refractivity contribution >= 4 is 5.65 Å². The average molecular weight is 230 g/mol. The van der Waals surface area contributed by atoms with Gasteiger partial charge in [-0.3, -0.25) is 4.40 Å². The Morgan fingerprint density at radius 3 is 2.94 bits per heavy atom. The quantitative estimate of drug-likeness (QED) is 0.816. The Bertz CT molecular complexity index is 538. The number of aryl methyl sites for hydroxylation is 2. The lowest BCUT2D eigenvalue weighted by Gasteiger charge is -2.21. The zero-order valence-corrected chi connectivity index (χ0v) is 10.4. The van der Waals surface area contributed by atoms with Gasteiger partial charge in [-0.25, -0.2) is 9.97 Å². The standard InChI is InChI=1S/C13H18N4/c1-9-7-13-16-12(8-17(13)10(2)15-9)11-5-3-4-6-14-11/h7-8,11,14H,3-6H2,1-2H3. The first-order valence-corrected chi connectivity index (χ1v) is 6.31. The van der Waals surface area contributed by atoms with E-state index in [1.165, 1.54) is 19.3 Å². The zero-order chi connectivity index (χ0) is 11.8. The molecule has 4 heteroatoms. The number of hydrogen-bond donors (Lipinski definition) is 1. The molecule has 0 spiro atoms. The van der Waals surface area contributed by atoms with E-state index in [0.717, 1.165) is 29.4 Å². The molecule has 1 atom stereocenters. The monoisotopic (exact) mass is 230 g/mol. The molecule has 0 radical (unpaired) electrons. The molecule has 0 aliphatic carbocycles. The van der Waals surface area contributed by atoms with Crippen LogP contribution in [0.4, 0.5) is 0 Å². The third kappa shape index (κ3) is 1.93. The van der Waals surface area contributed by atoms with Gasteiger partial charge in [0.1, 0.15) is 11.5 Å². The molecular formula is C13H18N4. The van der Waals surface area contributed by atoms with E-state index in [4.69, 9.17) is 4.98 Å². The van der Waals surface area contributed by atoms with Crippen LogP contribution in [0.25, 0.3) is 5.65 Å². The summed E-state index contributed by atoms with van der Waals surface area (Å²) < 4.78 is 2.08. The molecule has 17 heavy (non-hydrogen) atoms. The molecule has 0 saturated carbocycles. The number of fused-ring (bicyclic) bond motifs is 1. The van der Waals surface area contributed by atoms with Crippen LogP contribution in [-0.2, 0) is 0 Å². The van der Waals surface area contributed by atoms with Crippen LogP contribution in [-0.4, -0.2) is 20.9 Å². The minimum atomic E-state index is 0.420. The lowest BCUT2D eigenvalue weighted by Crippen LogP contribution is -2.26. The summed E-state index contributed by atoms with van der Waals surface area (Å²) in [5.41, 5.74) is 3.20. The Labute approximate surface area is 101 Å². The summed E-state index contributed by atoms with van der Waals surface area (Å²) in [6, 6.07) is 2.46. The van der Waals surface area contributed by atoms with E-state index in [1.807, 2.05) is 19.9 Å². The van der Waals surface area contributed by atoms with E-state index in [1.54, 1.807) is 0 Å². The molecule has 1 saturated heterocycles. The first kappa shape index (κ1) is 10.7. The van der Waals surface area contributed by atoms with Crippen molar-refractivity contribution in [2.75, 3.05) is 6.54 Å². The van der Waals surface area contributed by atoms with Gasteiger partial charge in [-0.15, -0.1) is 0 Å². The largest absolute Gasteiger partial charge is 0.309 e. The van der Waals surface area contributed by atoms with E-state index in [2.05, 4.69) is 20.9 Å². The highest BCUT2D eigenvalue weighted by atomic mass is 15.1. The summed E-state index contributed by atoms with van der Waals surface area (Å²) in [4.78, 5) is 9.18. The van der Waals surface area contributed by atoms with Crippen LogP contribution < -0.4 is 5.32 Å². The summed E-state index contributed by atoms with van der Waals surface area (Å²) in [6.45, 7) is 5.15. The second-order valence-corrected chi connectivity index (χ2v) is 4.84. The van der Waals surface area contributed by atoms with E-state index >= 15 is 0 Å². The summed E-state index contributed by atoms with van der Waals surface area (Å²) in [5, 5.41) is 3.53. The predicted octanol–water partition coefficient (Wildman–Crippen LogP) is 2.16. The van der Waals surface area contributed by atoms with E-state index < -0.39 is 0 Å². The normalized spacial score (nSPS) is 20.9. The Kier molecular flexibility index (Phi) is 2.59. The molecule has 1 aliphatic rings. The molecule has 2 aromatic rings. The van der Waals surface area contributed by atoms with Crippen LogP contribution in [0.3, 0.4) is 0 Å². The smallest absolute Gasteiger partial charge is 0.140 e. The molecule has 1 N–H and O–H groups in total. The molecule has 90 valence electrons. The van der Waals surface area contributed by atoms with E-state index in [0.29, 0.717) is 6.04 Å². The number of hydrogen-bond acceptors (Lipinski definition) is 3. The van der Waals surface area contributed by atoms with Crippen LogP contribution in [0.1, 0.15) is 42.5 Å². The molecule has 3 rings (SSSR count). The number of aromatic nitrogens is 3. The van der Waals surface area contributed by atoms with Crippen molar-refractivity contribution in [3.05, 3.63) is 29.5 Å². The van der Waals surface area contributed by atoms with Crippen LogP contribution >= 0.6 is 0 Å². The van der Waals surface area contributed by atoms with Crippen LogP contribution in [0.2, 0.25) is 0 Å². The van der Waals surface area contributed by atoms with Gasteiger partial charge in [0, 0.05) is 18.0 Å². The van der Waals surface area contributed by atoms with Crippen molar-refractivity contribution in [3.63, 3.8) is 0 Å². The van der Waals surface area contributed by atoms with Crippen molar-refractivity contribution in [2.45, 2.75) is 39.2 Å². The highest BCUT2D eigenvalue weighted by molar-refractivity contribution is 5.42. The Morgan fingerprint density at radius 1 is 1.29 bits per heavy atom. The molecule has 0 amide bonds. The van der Waals surface area contributed by atoms with Crippen molar-refractivity contribution in [3.8, 4) is 0 Å². The van der Waals surface area contributed by atoms with Gasteiger partial charge < -0.3 is 5.32 Å². The Morgan fingerprint density at radius 2 is 2.18 bits per heavy atom. The molecule has 2 aromatic heterocycles. The van der Waals surface area contributed by atoms with Gasteiger partial charge in [0.25, 0.3) is 0 Å². The molecule has 3 heterocycles. The number of piperidine rings is 1. The average Bonchev–Trinajstić information content (AvgIpc) is 2.74. The molecule has 1 fully saturated rings. The Hall–Kier alpha value is -1.42. The van der Waals surface area contributed by atoms with Gasteiger partial charge >= 0.3 is 0 Å². The topological polar surface area (TPSA) is 42.2 Å². The first-order valence-electron chi connectivity index (χ1n) is 6.31. The summed E-state index contributed by atoms with van der Waals surface area (Å²) >= 11 is 0. The SMILES string of the molecule is Cc1cc2nc(C3CCCCN3)cn2c(C)n1. The van der Waals surface area contributed by atoms with Gasteiger partial charge in [-0.2, -0.15) is 0 Å². The third-order valence-corrected chi connectivity index (χ3v) is 3.44. The lowest BCUT2D eigenvalue weighted by molar-refractivity contribution is 0.406. The molecule has 1 aliphatic heterocycles. The maximum absolute atomic E-state index is 4.72. The number of imidazole rings is 1. The maximum Gasteiger partial charge on any atom is 0.140 e. The fourth-order valence-corrected chi connectivity index (χ4v) is 2.57. The van der Waals surface area contributed by atoms with E-state index in [9.17, 15) is 0 Å². The Balaban J connectivity index is 2.03. The first-order chi connectivity index (χ1) is 8.24. The van der Waals surface area contributed by atoms with Gasteiger partial charge in [0.15, 0.2) is 0 Å². The van der Waals surface area contributed by atoms with Crippen molar-refractivity contribution < 1.29 is 0 Å². The molecule has 0 bridgehead atoms. The van der Waals surface area contributed by atoms with Crippen LogP contribution in [0.5, 0.6) is 0 Å². The van der Waals surface area contributed by atoms with Gasteiger partial charge in [-0.05, 0) is 33.2 Å². The molecule has 1 unspecified atom stereocenters. The zero-order valence-electron chi connectivity index (χ0n) is 10.4. The number of nitrogens with one attached hydrogen (secondary N) is 1. The van der Waals surface area contributed by atoms with Crippen LogP contribution in [0, 0.1) is 13.8 Å². The molecular weight excluding hydrogens is 212 g/mol. The van der Waals surface area contributed by atoms with Gasteiger partial charge in [0.2, 0.25) is 0 Å². The number of nitrogens with zero attached hydrogens (tertiary/aromatic N) is 3. The van der Waals surface area contributed by atoms with Crippen molar-refractivity contribution in [1.29, 1.82) is 0 Å². The van der Waals surface area contributed by atoms with Crippen LogP contribution in [0.15, 0.2) is 12.3 Å². The third-order valence-electron chi connectivity index (χ3n) is 3.44. The molecule has 0 aromatic carbocycles. The number of rotatable bonds is 1. The van der Waals surface area contributed by atoms with Gasteiger partial charge in [-0.1, -0.05) is 6.42 Å². The second-order valence-electron chi connectivity index (χ2n) is 4.84. The highest BCUT2D eigenvalue weighted by Crippen LogP contribution is 2.22. The summed E-state index contributed by atoms with van der Waals surface area (Å²) in [5.74, 6) is 1.01. The fraction of sp³-hybridized carbons (Fsp3) is 0.538. The van der Waals surface area contributed by atoms with E-state index in [-0.39, 0.29) is 0 Å². The minimum absolute atomic E-state index is 0.420. The summed E-state index contributed by atoms with van der Waals surface area (Å²) in [6.07, 6.45) is 5.89. The van der Waals surface area contributed by atoms with Crippen molar-refractivity contribution in [2.24, 2.45) is 0 Å². The van der Waals surface area contributed by atoms with Gasteiger partial charge in [0.05, 0.1) is 11.7 Å².